The van der Waals surface area contributed by atoms with Gasteiger partial charge in [-0.25, -0.2) is 9.67 Å². The lowest BCUT2D eigenvalue weighted by Gasteiger charge is -2.00. The van der Waals surface area contributed by atoms with Crippen LogP contribution in [0.3, 0.4) is 0 Å². The molecule has 0 saturated heterocycles. The number of nitrogens with one attached hydrogen (secondary N) is 1. The Kier molecular flexibility index (Phi) is 2.82. The maximum Gasteiger partial charge on any atom is 0.137 e. The first kappa shape index (κ1) is 12.8. The SMILES string of the molecule is Cc1cn(-c2cnc3[nH]c(-c4ccccc4)cc3c2)nc1C. The molecule has 0 atom stereocenters. The summed E-state index contributed by atoms with van der Waals surface area (Å²) in [6, 6.07) is 14.5. The van der Waals surface area contributed by atoms with Gasteiger partial charge >= 0.3 is 0 Å². The van der Waals surface area contributed by atoms with Gasteiger partial charge in [-0.05, 0) is 37.1 Å². The van der Waals surface area contributed by atoms with Crippen LogP contribution in [0.1, 0.15) is 11.3 Å². The summed E-state index contributed by atoms with van der Waals surface area (Å²) in [6.45, 7) is 4.08. The van der Waals surface area contributed by atoms with Crippen molar-refractivity contribution >= 4 is 11.0 Å². The van der Waals surface area contributed by atoms with Gasteiger partial charge in [0.25, 0.3) is 0 Å². The molecule has 0 spiro atoms. The number of rotatable bonds is 2. The summed E-state index contributed by atoms with van der Waals surface area (Å²) in [5.41, 5.74) is 6.32. The minimum absolute atomic E-state index is 0.892. The van der Waals surface area contributed by atoms with E-state index in [4.69, 9.17) is 0 Å². The Morgan fingerprint density at radius 1 is 1.05 bits per heavy atom. The number of aromatic nitrogens is 4. The van der Waals surface area contributed by atoms with Crippen molar-refractivity contribution in [1.82, 2.24) is 19.7 Å². The second-order valence-corrected chi connectivity index (χ2v) is 5.52. The molecule has 4 rings (SSSR count). The first-order chi connectivity index (χ1) is 10.7. The van der Waals surface area contributed by atoms with Crippen molar-refractivity contribution < 1.29 is 0 Å². The van der Waals surface area contributed by atoms with Crippen LogP contribution < -0.4 is 0 Å². The van der Waals surface area contributed by atoms with Gasteiger partial charge in [-0.2, -0.15) is 5.10 Å². The topological polar surface area (TPSA) is 46.5 Å². The monoisotopic (exact) mass is 288 g/mol. The molecule has 3 heterocycles. The van der Waals surface area contributed by atoms with Gasteiger partial charge in [0.1, 0.15) is 5.65 Å². The van der Waals surface area contributed by atoms with E-state index in [1.807, 2.05) is 42.2 Å². The molecule has 4 aromatic rings. The Hall–Kier alpha value is -2.88. The zero-order chi connectivity index (χ0) is 15.1. The van der Waals surface area contributed by atoms with Crippen LogP contribution in [0, 0.1) is 13.8 Å². The number of aromatic amines is 1. The summed E-state index contributed by atoms with van der Waals surface area (Å²) >= 11 is 0. The Morgan fingerprint density at radius 2 is 1.86 bits per heavy atom. The number of hydrogen-bond donors (Lipinski definition) is 1. The largest absolute Gasteiger partial charge is 0.339 e. The van der Waals surface area contributed by atoms with E-state index in [1.54, 1.807) is 0 Å². The third-order valence-corrected chi connectivity index (χ3v) is 3.95. The summed E-state index contributed by atoms with van der Waals surface area (Å²) < 4.78 is 1.88. The van der Waals surface area contributed by atoms with Crippen LogP contribution in [0.2, 0.25) is 0 Å². The first-order valence-corrected chi connectivity index (χ1v) is 7.28. The molecule has 0 bridgehead atoms. The highest BCUT2D eigenvalue weighted by atomic mass is 15.3. The van der Waals surface area contributed by atoms with E-state index in [0.717, 1.165) is 33.7 Å². The number of H-pyrrole nitrogens is 1. The Balaban J connectivity index is 1.81. The normalized spacial score (nSPS) is 11.2. The van der Waals surface area contributed by atoms with Crippen LogP contribution in [0.15, 0.2) is 54.9 Å². The molecular weight excluding hydrogens is 272 g/mol. The van der Waals surface area contributed by atoms with E-state index in [-0.39, 0.29) is 0 Å². The maximum absolute atomic E-state index is 4.53. The lowest BCUT2D eigenvalue weighted by atomic mass is 10.1. The highest BCUT2D eigenvalue weighted by Gasteiger charge is 2.07. The highest BCUT2D eigenvalue weighted by Crippen LogP contribution is 2.24. The average Bonchev–Trinajstić information content (AvgIpc) is 3.11. The van der Waals surface area contributed by atoms with Gasteiger partial charge in [0, 0.05) is 17.3 Å². The first-order valence-electron chi connectivity index (χ1n) is 7.28. The molecule has 0 aliphatic carbocycles. The van der Waals surface area contributed by atoms with Crippen LogP contribution in [0.4, 0.5) is 0 Å². The fraction of sp³-hybridized carbons (Fsp3) is 0.111. The molecule has 108 valence electrons. The van der Waals surface area contributed by atoms with Gasteiger partial charge in [-0.1, -0.05) is 30.3 Å². The molecule has 1 aromatic carbocycles. The Morgan fingerprint density at radius 3 is 2.59 bits per heavy atom. The lowest BCUT2D eigenvalue weighted by Crippen LogP contribution is -1.95. The summed E-state index contributed by atoms with van der Waals surface area (Å²) in [5, 5.41) is 5.60. The molecule has 1 N–H and O–H groups in total. The quantitative estimate of drug-likeness (QED) is 0.605. The minimum Gasteiger partial charge on any atom is -0.339 e. The molecule has 0 aliphatic rings. The van der Waals surface area contributed by atoms with Crippen LogP contribution in [0.5, 0.6) is 0 Å². The smallest absolute Gasteiger partial charge is 0.137 e. The number of hydrogen-bond acceptors (Lipinski definition) is 2. The highest BCUT2D eigenvalue weighted by molar-refractivity contribution is 5.84. The fourth-order valence-corrected chi connectivity index (χ4v) is 2.58. The van der Waals surface area contributed by atoms with Crippen molar-refractivity contribution in [2.24, 2.45) is 0 Å². The van der Waals surface area contributed by atoms with Crippen molar-refractivity contribution in [3.63, 3.8) is 0 Å². The number of pyridine rings is 1. The second kappa shape index (κ2) is 4.84. The van der Waals surface area contributed by atoms with Crippen LogP contribution in [0.25, 0.3) is 28.0 Å². The summed E-state index contributed by atoms with van der Waals surface area (Å²) in [6.07, 6.45) is 3.88. The van der Waals surface area contributed by atoms with E-state index in [1.165, 1.54) is 5.56 Å². The van der Waals surface area contributed by atoms with Gasteiger partial charge in [0.05, 0.1) is 17.6 Å². The number of fused-ring (bicyclic) bond motifs is 1. The summed E-state index contributed by atoms with van der Waals surface area (Å²) in [7, 11) is 0. The molecular formula is C18H16N4. The van der Waals surface area contributed by atoms with Crippen molar-refractivity contribution in [1.29, 1.82) is 0 Å². The van der Waals surface area contributed by atoms with E-state index < -0.39 is 0 Å². The van der Waals surface area contributed by atoms with Gasteiger partial charge < -0.3 is 4.98 Å². The molecule has 0 amide bonds. The van der Waals surface area contributed by atoms with Crippen molar-refractivity contribution in [3.05, 3.63) is 66.1 Å². The zero-order valence-corrected chi connectivity index (χ0v) is 12.5. The van der Waals surface area contributed by atoms with Crippen LogP contribution >= 0.6 is 0 Å². The Bertz CT molecular complexity index is 928. The average molecular weight is 288 g/mol. The zero-order valence-electron chi connectivity index (χ0n) is 12.5. The molecule has 0 saturated carbocycles. The number of aryl methyl sites for hydroxylation is 2. The predicted octanol–water partition coefficient (Wildman–Crippen LogP) is 4.03. The summed E-state index contributed by atoms with van der Waals surface area (Å²) in [5.74, 6) is 0. The van der Waals surface area contributed by atoms with Gasteiger partial charge in [-0.15, -0.1) is 0 Å². The number of benzene rings is 1. The number of nitrogens with zero attached hydrogens (tertiary/aromatic N) is 3. The van der Waals surface area contributed by atoms with Gasteiger partial charge in [0.15, 0.2) is 0 Å². The van der Waals surface area contributed by atoms with E-state index >= 15 is 0 Å². The van der Waals surface area contributed by atoms with Crippen molar-refractivity contribution in [3.8, 4) is 16.9 Å². The molecule has 4 nitrogen and oxygen atoms in total. The van der Waals surface area contributed by atoms with E-state index in [2.05, 4.69) is 46.3 Å². The third kappa shape index (κ3) is 2.09. The van der Waals surface area contributed by atoms with E-state index in [9.17, 15) is 0 Å². The molecule has 22 heavy (non-hydrogen) atoms. The minimum atomic E-state index is 0.892. The molecule has 3 aromatic heterocycles. The molecule has 0 unspecified atom stereocenters. The lowest BCUT2D eigenvalue weighted by molar-refractivity contribution is 0.859. The maximum atomic E-state index is 4.53. The Labute approximate surface area is 128 Å². The standard InChI is InChI=1S/C18H16N4/c1-12-11-22(21-13(12)2)16-8-15-9-17(20-18(15)19-10-16)14-6-4-3-5-7-14/h3-11H,1-2H3,(H,19,20). The van der Waals surface area contributed by atoms with Crippen molar-refractivity contribution in [2.45, 2.75) is 13.8 Å². The van der Waals surface area contributed by atoms with Gasteiger partial charge in [-0.3, -0.25) is 0 Å². The van der Waals surface area contributed by atoms with E-state index in [0.29, 0.717) is 0 Å². The molecule has 0 aliphatic heterocycles. The van der Waals surface area contributed by atoms with Crippen LogP contribution in [-0.4, -0.2) is 19.7 Å². The molecule has 0 fully saturated rings. The van der Waals surface area contributed by atoms with Crippen molar-refractivity contribution in [2.75, 3.05) is 0 Å². The second-order valence-electron chi connectivity index (χ2n) is 5.52. The third-order valence-electron chi connectivity index (χ3n) is 3.95. The predicted molar refractivity (Wildman–Crippen MR) is 88.1 cm³/mol. The van der Waals surface area contributed by atoms with Gasteiger partial charge in [0.2, 0.25) is 0 Å². The molecule has 4 heteroatoms. The van der Waals surface area contributed by atoms with Crippen LogP contribution in [-0.2, 0) is 0 Å². The fourth-order valence-electron chi connectivity index (χ4n) is 2.58. The summed E-state index contributed by atoms with van der Waals surface area (Å²) in [4.78, 5) is 7.89. The molecule has 0 radical (unpaired) electrons.